The predicted octanol–water partition coefficient (Wildman–Crippen LogP) is 2.58. The summed E-state index contributed by atoms with van der Waals surface area (Å²) < 4.78 is 6.08. The number of hydrogen-bond acceptors (Lipinski definition) is 3. The van der Waals surface area contributed by atoms with Crippen LogP contribution in [0.5, 0.6) is 0 Å². The van der Waals surface area contributed by atoms with Crippen molar-refractivity contribution in [3.05, 3.63) is 56.5 Å². The molecule has 104 valence electrons. The van der Waals surface area contributed by atoms with Gasteiger partial charge in [0.15, 0.2) is 0 Å². The number of nitrogens with one attached hydrogen (secondary N) is 2. The molecule has 0 bridgehead atoms. The number of furan rings is 1. The van der Waals surface area contributed by atoms with E-state index in [1.165, 1.54) is 0 Å². The molecule has 0 saturated heterocycles. The van der Waals surface area contributed by atoms with Gasteiger partial charge < -0.3 is 4.42 Å². The molecule has 0 aliphatic carbocycles. The van der Waals surface area contributed by atoms with Crippen molar-refractivity contribution in [2.45, 2.75) is 13.8 Å². The third kappa shape index (κ3) is 3.19. The summed E-state index contributed by atoms with van der Waals surface area (Å²) >= 11 is 2.06. The van der Waals surface area contributed by atoms with Crippen molar-refractivity contribution < 1.29 is 14.0 Å². The molecule has 0 aliphatic heterocycles. The van der Waals surface area contributed by atoms with Crippen molar-refractivity contribution in [3.63, 3.8) is 0 Å². The Morgan fingerprint density at radius 3 is 2.20 bits per heavy atom. The second-order valence-corrected chi connectivity index (χ2v) is 5.38. The van der Waals surface area contributed by atoms with E-state index < -0.39 is 5.91 Å². The molecular weight excluding hydrogens is 371 g/mol. The van der Waals surface area contributed by atoms with Gasteiger partial charge in [-0.2, -0.15) is 0 Å². The van der Waals surface area contributed by atoms with Gasteiger partial charge in [0.25, 0.3) is 11.8 Å². The van der Waals surface area contributed by atoms with E-state index in [0.29, 0.717) is 22.6 Å². The van der Waals surface area contributed by atoms with E-state index in [9.17, 15) is 9.59 Å². The Labute approximate surface area is 129 Å². The fraction of sp³-hybridized carbons (Fsp3) is 0.143. The monoisotopic (exact) mass is 384 g/mol. The van der Waals surface area contributed by atoms with E-state index in [2.05, 4.69) is 33.4 Å². The number of rotatable bonds is 2. The van der Waals surface area contributed by atoms with Crippen LogP contribution in [-0.4, -0.2) is 11.8 Å². The second kappa shape index (κ2) is 6.08. The molecule has 0 aliphatic rings. The van der Waals surface area contributed by atoms with Crippen LogP contribution in [0.15, 0.2) is 34.7 Å². The molecule has 2 amide bonds. The molecule has 6 heteroatoms. The van der Waals surface area contributed by atoms with Crippen LogP contribution >= 0.6 is 22.6 Å². The largest absolute Gasteiger partial charge is 0.466 e. The number of benzene rings is 1. The van der Waals surface area contributed by atoms with E-state index in [-0.39, 0.29) is 5.91 Å². The highest BCUT2D eigenvalue weighted by atomic mass is 127. The van der Waals surface area contributed by atoms with Crippen LogP contribution in [0.4, 0.5) is 0 Å². The average molecular weight is 384 g/mol. The van der Waals surface area contributed by atoms with Gasteiger partial charge in [0.2, 0.25) is 0 Å². The first-order valence-electron chi connectivity index (χ1n) is 5.91. The number of carbonyl (C=O) groups is 2. The molecule has 1 aromatic heterocycles. The van der Waals surface area contributed by atoms with E-state index in [1.807, 2.05) is 12.1 Å². The maximum Gasteiger partial charge on any atom is 0.273 e. The van der Waals surface area contributed by atoms with Crippen LogP contribution in [0, 0.1) is 17.4 Å². The van der Waals surface area contributed by atoms with Gasteiger partial charge in [0.05, 0.1) is 11.1 Å². The number of amides is 2. The zero-order valence-electron chi connectivity index (χ0n) is 11.0. The molecule has 1 heterocycles. The van der Waals surface area contributed by atoms with Crippen molar-refractivity contribution in [2.75, 3.05) is 0 Å². The first-order valence-corrected chi connectivity index (χ1v) is 6.99. The lowest BCUT2D eigenvalue weighted by Gasteiger charge is -2.07. The Hall–Kier alpha value is -1.83. The average Bonchev–Trinajstić information content (AvgIpc) is 2.75. The summed E-state index contributed by atoms with van der Waals surface area (Å²) in [6.45, 7) is 3.46. The first-order chi connectivity index (χ1) is 9.49. The summed E-state index contributed by atoms with van der Waals surface area (Å²) in [6, 6.07) is 8.75. The normalized spacial score (nSPS) is 10.2. The molecule has 0 atom stereocenters. The van der Waals surface area contributed by atoms with E-state index in [1.54, 1.807) is 32.0 Å². The van der Waals surface area contributed by atoms with Crippen LogP contribution in [0.2, 0.25) is 0 Å². The molecule has 0 saturated carbocycles. The van der Waals surface area contributed by atoms with Crippen molar-refractivity contribution in [3.8, 4) is 0 Å². The molecule has 0 spiro atoms. The molecule has 2 N–H and O–H groups in total. The third-order valence-electron chi connectivity index (χ3n) is 2.69. The van der Waals surface area contributed by atoms with Gasteiger partial charge in [-0.25, -0.2) is 0 Å². The Kier molecular flexibility index (Phi) is 4.43. The fourth-order valence-electron chi connectivity index (χ4n) is 1.75. The summed E-state index contributed by atoms with van der Waals surface area (Å²) in [4.78, 5) is 23.8. The van der Waals surface area contributed by atoms with Gasteiger partial charge in [0.1, 0.15) is 11.5 Å². The number of hydrazine groups is 1. The van der Waals surface area contributed by atoms with Gasteiger partial charge in [-0.15, -0.1) is 0 Å². The van der Waals surface area contributed by atoms with Crippen molar-refractivity contribution in [2.24, 2.45) is 0 Å². The number of hydrogen-bond donors (Lipinski definition) is 2. The van der Waals surface area contributed by atoms with Crippen molar-refractivity contribution >= 4 is 34.4 Å². The standard InChI is InChI=1S/C14H13IN2O3/c1-8-7-11(9(2)20-8)14(19)17-16-13(18)10-5-3-4-6-12(10)15/h3-7H,1-2H3,(H,16,18)(H,17,19). The van der Waals surface area contributed by atoms with E-state index >= 15 is 0 Å². The summed E-state index contributed by atoms with van der Waals surface area (Å²) in [6.07, 6.45) is 0. The summed E-state index contributed by atoms with van der Waals surface area (Å²) in [7, 11) is 0. The topological polar surface area (TPSA) is 71.3 Å². The van der Waals surface area contributed by atoms with Crippen molar-refractivity contribution in [1.82, 2.24) is 10.9 Å². The van der Waals surface area contributed by atoms with Crippen LogP contribution in [0.3, 0.4) is 0 Å². The first kappa shape index (κ1) is 14.6. The third-order valence-corrected chi connectivity index (χ3v) is 3.63. The molecule has 5 nitrogen and oxygen atoms in total. The highest BCUT2D eigenvalue weighted by Gasteiger charge is 2.15. The molecule has 0 fully saturated rings. The predicted molar refractivity (Wildman–Crippen MR) is 82.3 cm³/mol. The van der Waals surface area contributed by atoms with E-state index in [4.69, 9.17) is 4.42 Å². The summed E-state index contributed by atoms with van der Waals surface area (Å²) in [5, 5.41) is 0. The highest BCUT2D eigenvalue weighted by Crippen LogP contribution is 2.13. The van der Waals surface area contributed by atoms with Crippen molar-refractivity contribution in [1.29, 1.82) is 0 Å². The highest BCUT2D eigenvalue weighted by molar-refractivity contribution is 14.1. The molecule has 2 aromatic rings. The second-order valence-electron chi connectivity index (χ2n) is 4.22. The van der Waals surface area contributed by atoms with Crippen LogP contribution in [0.1, 0.15) is 32.2 Å². The SMILES string of the molecule is Cc1cc(C(=O)NNC(=O)c2ccccc2I)c(C)o1. The molecule has 0 unspecified atom stereocenters. The quantitative estimate of drug-likeness (QED) is 0.618. The van der Waals surface area contributed by atoms with Gasteiger partial charge in [-0.1, -0.05) is 12.1 Å². The lowest BCUT2D eigenvalue weighted by Crippen LogP contribution is -2.42. The zero-order chi connectivity index (χ0) is 14.7. The number of halogens is 1. The van der Waals surface area contributed by atoms with Crippen LogP contribution in [-0.2, 0) is 0 Å². The molecule has 20 heavy (non-hydrogen) atoms. The van der Waals surface area contributed by atoms with Crippen LogP contribution < -0.4 is 10.9 Å². The summed E-state index contributed by atoms with van der Waals surface area (Å²) in [5.74, 6) is 0.403. The maximum atomic E-state index is 11.9. The Morgan fingerprint density at radius 1 is 1.05 bits per heavy atom. The fourth-order valence-corrected chi connectivity index (χ4v) is 2.38. The lowest BCUT2D eigenvalue weighted by molar-refractivity contribution is 0.0845. The maximum absolute atomic E-state index is 11.9. The number of carbonyl (C=O) groups excluding carboxylic acids is 2. The van der Waals surface area contributed by atoms with Gasteiger partial charge in [-0.05, 0) is 54.6 Å². The minimum Gasteiger partial charge on any atom is -0.466 e. The van der Waals surface area contributed by atoms with Gasteiger partial charge in [0, 0.05) is 3.57 Å². The Balaban J connectivity index is 2.02. The minimum absolute atomic E-state index is 0.360. The molecular formula is C14H13IN2O3. The van der Waals surface area contributed by atoms with Gasteiger partial charge >= 0.3 is 0 Å². The minimum atomic E-state index is -0.404. The zero-order valence-corrected chi connectivity index (χ0v) is 13.1. The molecule has 2 rings (SSSR count). The Bertz CT molecular complexity index is 664. The smallest absolute Gasteiger partial charge is 0.273 e. The Morgan fingerprint density at radius 2 is 1.65 bits per heavy atom. The van der Waals surface area contributed by atoms with E-state index in [0.717, 1.165) is 3.57 Å². The molecule has 0 radical (unpaired) electrons. The molecule has 1 aromatic carbocycles. The van der Waals surface area contributed by atoms with Gasteiger partial charge in [-0.3, -0.25) is 20.4 Å². The number of aryl methyl sites for hydroxylation is 2. The summed E-state index contributed by atoms with van der Waals surface area (Å²) in [5.41, 5.74) is 5.68. The van der Waals surface area contributed by atoms with Crippen LogP contribution in [0.25, 0.3) is 0 Å². The lowest BCUT2D eigenvalue weighted by atomic mass is 10.2.